The normalized spacial score (nSPS) is 16.3. The number of rotatable bonds is 20. The SMILES string of the molecule is CC(O)C(=O)NC(C)C(C)N1CCCC1C(=O)NC(Cc1ccccc1)C(=O)NCCS(=O)(=O)c1ccc(N=Nc2c(O)cc3cc(O)c(N=Nc4ccc(S(=O)(=O)CCO)cc4)c(O)c3c2N)cc1. The van der Waals surface area contributed by atoms with Gasteiger partial charge in [-0.2, -0.15) is 10.2 Å². The van der Waals surface area contributed by atoms with Crippen molar-refractivity contribution in [3.05, 3.63) is 96.6 Å². The van der Waals surface area contributed by atoms with Crippen LogP contribution in [0.2, 0.25) is 0 Å². The molecule has 1 saturated heterocycles. The second kappa shape index (κ2) is 22.6. The highest BCUT2D eigenvalue weighted by atomic mass is 32.2. The van der Waals surface area contributed by atoms with Crippen molar-refractivity contribution in [2.45, 2.75) is 80.1 Å². The van der Waals surface area contributed by atoms with E-state index in [2.05, 4.69) is 36.4 Å². The molecule has 0 aromatic heterocycles. The zero-order chi connectivity index (χ0) is 50.9. The maximum absolute atomic E-state index is 13.8. The molecule has 1 heterocycles. The number of sulfone groups is 2. The molecule has 5 unspecified atom stereocenters. The van der Waals surface area contributed by atoms with Crippen molar-refractivity contribution < 1.29 is 56.8 Å². The van der Waals surface area contributed by atoms with Crippen molar-refractivity contribution in [1.82, 2.24) is 20.9 Å². The number of azo groups is 2. The summed E-state index contributed by atoms with van der Waals surface area (Å²) in [5.41, 5.74) is 6.51. The van der Waals surface area contributed by atoms with Crippen molar-refractivity contribution in [2.75, 3.05) is 36.9 Å². The minimum Gasteiger partial charge on any atom is -0.506 e. The van der Waals surface area contributed by atoms with Gasteiger partial charge >= 0.3 is 0 Å². The number of nitrogens with one attached hydrogen (secondary N) is 3. The van der Waals surface area contributed by atoms with Crippen molar-refractivity contribution in [2.24, 2.45) is 20.5 Å². The molecule has 1 aliphatic rings. The standard InChI is InChI=1S/C47H55N9O12S2/c1-27(50-45(62)29(3)58)28(2)56-20-7-10-37(56)47(64)51-36(24-30-8-5-4-6-9-30)46(63)49-19-22-69(65,66)34-15-11-32(12-16-34)52-54-42-38(59)25-31-26-39(60)43(44(61)40(31)41(42)48)55-53-33-13-17-35(18-14-33)70(67,68)23-21-57/h4-6,8-9,11-18,25-29,36-37,57-61H,7,10,19-24,48H2,1-3H3,(H,49,63)(H,50,62)(H,51,64). The summed E-state index contributed by atoms with van der Waals surface area (Å²) in [4.78, 5) is 41.4. The van der Waals surface area contributed by atoms with E-state index in [1.54, 1.807) is 19.1 Å². The van der Waals surface area contributed by atoms with Gasteiger partial charge in [0.25, 0.3) is 0 Å². The van der Waals surface area contributed by atoms with Gasteiger partial charge in [-0.05, 0) is 112 Å². The molecule has 1 fully saturated rings. The van der Waals surface area contributed by atoms with Crippen molar-refractivity contribution in [3.8, 4) is 17.2 Å². The molecule has 1 aliphatic heterocycles. The van der Waals surface area contributed by atoms with Crippen LogP contribution >= 0.6 is 0 Å². The predicted octanol–water partition coefficient (Wildman–Crippen LogP) is 4.49. The first-order chi connectivity index (χ1) is 33.2. The number of carbonyl (C=O) groups is 3. The zero-order valence-corrected chi connectivity index (χ0v) is 40.1. The Morgan fingerprint density at radius 1 is 0.757 bits per heavy atom. The Morgan fingerprint density at radius 2 is 1.31 bits per heavy atom. The van der Waals surface area contributed by atoms with Gasteiger partial charge in [-0.15, -0.1) is 10.2 Å². The van der Waals surface area contributed by atoms with Gasteiger partial charge in [0, 0.05) is 25.0 Å². The summed E-state index contributed by atoms with van der Waals surface area (Å²) in [6, 6.07) is 19.6. The molecular formula is C47H55N9O12S2. The number of benzene rings is 5. The lowest BCUT2D eigenvalue weighted by Crippen LogP contribution is -2.57. The van der Waals surface area contributed by atoms with Gasteiger partial charge in [0.05, 0.1) is 56.4 Å². The van der Waals surface area contributed by atoms with Crippen LogP contribution in [0, 0.1) is 0 Å². The minimum atomic E-state index is -3.97. The van der Waals surface area contributed by atoms with E-state index in [9.17, 15) is 51.6 Å². The number of amides is 3. The van der Waals surface area contributed by atoms with E-state index in [0.717, 1.165) is 5.56 Å². The summed E-state index contributed by atoms with van der Waals surface area (Å²) in [6.45, 7) is 4.78. The van der Waals surface area contributed by atoms with E-state index in [1.165, 1.54) is 67.6 Å². The lowest BCUT2D eigenvalue weighted by Gasteiger charge is -2.34. The van der Waals surface area contributed by atoms with Gasteiger partial charge in [-0.25, -0.2) is 16.8 Å². The molecule has 5 atom stereocenters. The third-order valence-corrected chi connectivity index (χ3v) is 15.2. The number of nitrogens with two attached hydrogens (primary N) is 1. The Morgan fingerprint density at radius 3 is 1.89 bits per heavy atom. The number of fused-ring (bicyclic) bond motifs is 1. The maximum atomic E-state index is 13.8. The summed E-state index contributed by atoms with van der Waals surface area (Å²) in [6.07, 6.45) is 0.167. The van der Waals surface area contributed by atoms with E-state index in [0.29, 0.717) is 19.4 Å². The van der Waals surface area contributed by atoms with Gasteiger partial charge < -0.3 is 47.2 Å². The van der Waals surface area contributed by atoms with E-state index in [4.69, 9.17) is 10.8 Å². The van der Waals surface area contributed by atoms with E-state index in [-0.39, 0.29) is 68.2 Å². The second-order valence-corrected chi connectivity index (χ2v) is 21.0. The van der Waals surface area contributed by atoms with Crippen molar-refractivity contribution >= 4 is 76.6 Å². The smallest absolute Gasteiger partial charge is 0.248 e. The Kier molecular flexibility index (Phi) is 16.9. The Labute approximate surface area is 404 Å². The summed E-state index contributed by atoms with van der Waals surface area (Å²) < 4.78 is 51.3. The van der Waals surface area contributed by atoms with Crippen molar-refractivity contribution in [1.29, 1.82) is 0 Å². The first-order valence-corrected chi connectivity index (χ1v) is 25.5. The fourth-order valence-electron chi connectivity index (χ4n) is 7.82. The largest absolute Gasteiger partial charge is 0.506 e. The molecule has 0 spiro atoms. The van der Waals surface area contributed by atoms with Crippen LogP contribution < -0.4 is 21.7 Å². The molecule has 6 rings (SSSR count). The molecule has 3 amide bonds. The fraction of sp³-hybridized carbons (Fsp3) is 0.340. The number of aliphatic hydroxyl groups excluding tert-OH is 2. The topological polar surface area (TPSA) is 335 Å². The van der Waals surface area contributed by atoms with Crippen LogP contribution in [-0.4, -0.2) is 126 Å². The van der Waals surface area contributed by atoms with E-state index >= 15 is 0 Å². The highest BCUT2D eigenvalue weighted by Crippen LogP contribution is 2.50. The van der Waals surface area contributed by atoms with Crippen LogP contribution in [0.3, 0.4) is 0 Å². The van der Waals surface area contributed by atoms with E-state index < -0.39 is 96.8 Å². The Balaban J connectivity index is 1.11. The summed E-state index contributed by atoms with van der Waals surface area (Å²) in [7, 11) is -7.68. The molecule has 372 valence electrons. The molecule has 70 heavy (non-hydrogen) atoms. The van der Waals surface area contributed by atoms with Crippen LogP contribution in [-0.2, 0) is 40.5 Å². The van der Waals surface area contributed by atoms with Crippen LogP contribution in [0.1, 0.15) is 39.2 Å². The number of nitrogen functional groups attached to an aromatic ring is 1. The second-order valence-electron chi connectivity index (χ2n) is 16.7. The first-order valence-electron chi connectivity index (χ1n) is 22.2. The average Bonchev–Trinajstić information content (AvgIpc) is 3.82. The molecule has 10 N–H and O–H groups in total. The Hall–Kier alpha value is -7.05. The number of carbonyl (C=O) groups excluding carboxylic acids is 3. The van der Waals surface area contributed by atoms with Crippen LogP contribution in [0.4, 0.5) is 28.4 Å². The lowest BCUT2D eigenvalue weighted by atomic mass is 10.0. The van der Waals surface area contributed by atoms with Gasteiger partial charge in [0.2, 0.25) is 17.7 Å². The van der Waals surface area contributed by atoms with Gasteiger partial charge in [0.1, 0.15) is 23.6 Å². The molecule has 21 nitrogen and oxygen atoms in total. The lowest BCUT2D eigenvalue weighted by molar-refractivity contribution is -0.132. The van der Waals surface area contributed by atoms with Crippen molar-refractivity contribution in [3.63, 3.8) is 0 Å². The predicted molar refractivity (Wildman–Crippen MR) is 259 cm³/mol. The minimum absolute atomic E-state index is 0.0465. The molecule has 0 saturated carbocycles. The molecule has 0 radical (unpaired) electrons. The molecular weight excluding hydrogens is 947 g/mol. The Bertz CT molecular complexity index is 2990. The zero-order valence-electron chi connectivity index (χ0n) is 38.4. The number of phenols is 3. The number of aliphatic hydroxyl groups is 2. The molecule has 0 bridgehead atoms. The van der Waals surface area contributed by atoms with Gasteiger partial charge in [-0.3, -0.25) is 19.3 Å². The number of phenolic OH excluding ortho intramolecular Hbond substituents is 3. The van der Waals surface area contributed by atoms with E-state index in [1.807, 2.05) is 30.0 Å². The summed E-state index contributed by atoms with van der Waals surface area (Å²) in [5.74, 6) is -4.06. The highest BCUT2D eigenvalue weighted by Gasteiger charge is 2.38. The average molecular weight is 1000 g/mol. The van der Waals surface area contributed by atoms with Crippen LogP contribution in [0.25, 0.3) is 10.8 Å². The maximum Gasteiger partial charge on any atom is 0.248 e. The molecule has 5 aromatic rings. The number of anilines is 1. The monoisotopic (exact) mass is 1000 g/mol. The summed E-state index contributed by atoms with van der Waals surface area (Å²) in [5, 5.41) is 75.7. The number of likely N-dealkylation sites (tertiary alicyclic amines) is 1. The van der Waals surface area contributed by atoms with Crippen LogP contribution in [0.15, 0.2) is 121 Å². The summed E-state index contributed by atoms with van der Waals surface area (Å²) >= 11 is 0. The quantitative estimate of drug-likeness (QED) is 0.0383. The molecule has 5 aromatic carbocycles. The van der Waals surface area contributed by atoms with Gasteiger partial charge in [0.15, 0.2) is 36.8 Å². The first kappa shape index (κ1) is 52.3. The molecule has 23 heteroatoms. The third kappa shape index (κ3) is 12.6. The number of nitrogens with zero attached hydrogens (tertiary/aromatic N) is 5. The number of hydrogen-bond donors (Lipinski definition) is 9. The molecule has 0 aliphatic carbocycles. The fourth-order valence-corrected chi connectivity index (χ4v) is 10.0. The number of aromatic hydroxyl groups is 3. The number of hydrogen-bond acceptors (Lipinski definition) is 18. The highest BCUT2D eigenvalue weighted by molar-refractivity contribution is 7.91. The van der Waals surface area contributed by atoms with Crippen LogP contribution in [0.5, 0.6) is 17.2 Å². The van der Waals surface area contributed by atoms with Gasteiger partial charge in [-0.1, -0.05) is 30.3 Å². The third-order valence-electron chi connectivity index (χ3n) is 11.8.